The van der Waals surface area contributed by atoms with E-state index in [-0.39, 0.29) is 12.4 Å². The third kappa shape index (κ3) is 4.89. The van der Waals surface area contributed by atoms with E-state index in [1.807, 2.05) is 6.92 Å². The molecule has 0 unspecified atom stereocenters. The molecule has 1 aromatic rings. The van der Waals surface area contributed by atoms with Gasteiger partial charge in [-0.15, -0.1) is 0 Å². The molecular weight excluding hydrogens is 348 g/mol. The van der Waals surface area contributed by atoms with Gasteiger partial charge in [0.15, 0.2) is 0 Å². The number of ether oxygens (including phenoxy) is 1. The van der Waals surface area contributed by atoms with Crippen LogP contribution < -0.4 is 4.90 Å². The van der Waals surface area contributed by atoms with E-state index in [1.165, 1.54) is 61.6 Å². The molecule has 2 aliphatic rings. The van der Waals surface area contributed by atoms with Gasteiger partial charge in [0.2, 0.25) is 6.67 Å². The molecule has 0 atom stereocenters. The lowest BCUT2D eigenvalue weighted by Crippen LogP contribution is -2.31. The minimum Gasteiger partial charge on any atom is -0.466 e. The van der Waals surface area contributed by atoms with Crippen LogP contribution in [-0.4, -0.2) is 23.5 Å². The standard InChI is InChI=1S/C24H34N2O2/c1-5-28-23(27)15-22-16-25(21-11-9-7-6-8-10-12-21)17-26(22)24-19(3)13-18(2)14-20(24)4/h13-14,16,21H,5-12,15H2,1-4H3. The molecule has 1 fully saturated rings. The molecule has 1 saturated carbocycles. The summed E-state index contributed by atoms with van der Waals surface area (Å²) in [5.74, 6) is -0.178. The van der Waals surface area contributed by atoms with Gasteiger partial charge in [-0.2, -0.15) is 0 Å². The van der Waals surface area contributed by atoms with Crippen molar-refractivity contribution in [2.24, 2.45) is 0 Å². The Morgan fingerprint density at radius 1 is 1.07 bits per heavy atom. The molecule has 0 amide bonds. The van der Waals surface area contributed by atoms with Crippen LogP contribution in [0.5, 0.6) is 0 Å². The Labute approximate surface area is 170 Å². The second kappa shape index (κ2) is 9.49. The minimum atomic E-state index is -0.178. The highest BCUT2D eigenvalue weighted by Gasteiger charge is 2.32. The first-order valence-electron chi connectivity index (χ1n) is 10.8. The zero-order valence-corrected chi connectivity index (χ0v) is 17.9. The van der Waals surface area contributed by atoms with Crippen LogP contribution >= 0.6 is 0 Å². The summed E-state index contributed by atoms with van der Waals surface area (Å²) in [5, 5.41) is 0. The quantitative estimate of drug-likeness (QED) is 0.617. The van der Waals surface area contributed by atoms with Gasteiger partial charge in [0.05, 0.1) is 13.0 Å². The summed E-state index contributed by atoms with van der Waals surface area (Å²) in [4.78, 5) is 16.6. The monoisotopic (exact) mass is 382 g/mol. The predicted octanol–water partition coefficient (Wildman–Crippen LogP) is 5.64. The number of hydrogen-bond donors (Lipinski definition) is 0. The van der Waals surface area contributed by atoms with E-state index in [9.17, 15) is 4.79 Å². The van der Waals surface area contributed by atoms with Crippen LogP contribution in [0.3, 0.4) is 0 Å². The maximum atomic E-state index is 12.2. The number of carbonyl (C=O) groups is 1. The molecule has 3 rings (SSSR count). The number of carbonyl (C=O) groups excluding carboxylic acids is 1. The Balaban J connectivity index is 1.87. The van der Waals surface area contributed by atoms with Crippen molar-refractivity contribution in [1.82, 2.24) is 4.90 Å². The van der Waals surface area contributed by atoms with Crippen molar-refractivity contribution >= 4 is 11.7 Å². The Morgan fingerprint density at radius 2 is 1.68 bits per heavy atom. The summed E-state index contributed by atoms with van der Waals surface area (Å²) in [7, 11) is 0. The Hall–Kier alpha value is -1.97. The van der Waals surface area contributed by atoms with E-state index in [1.54, 1.807) is 0 Å². The molecular formula is C24H34N2O2. The number of aryl methyl sites for hydroxylation is 3. The highest BCUT2D eigenvalue weighted by atomic mass is 16.5. The zero-order valence-electron chi connectivity index (χ0n) is 17.9. The molecule has 1 heterocycles. The molecule has 152 valence electrons. The smallest absolute Gasteiger partial charge is 0.311 e. The summed E-state index contributed by atoms with van der Waals surface area (Å²) >= 11 is 0. The maximum Gasteiger partial charge on any atom is 0.311 e. The van der Waals surface area contributed by atoms with Gasteiger partial charge < -0.3 is 14.5 Å². The first-order chi connectivity index (χ1) is 13.5. The summed E-state index contributed by atoms with van der Waals surface area (Å²) in [6.07, 6.45) is 11.3. The highest BCUT2D eigenvalue weighted by molar-refractivity contribution is 5.76. The number of anilines is 1. The summed E-state index contributed by atoms with van der Waals surface area (Å²) < 4.78 is 5.23. The molecule has 1 aliphatic carbocycles. The highest BCUT2D eigenvalue weighted by Crippen LogP contribution is 2.37. The lowest BCUT2D eigenvalue weighted by atomic mass is 9.96. The van der Waals surface area contributed by atoms with Crippen molar-refractivity contribution in [1.29, 1.82) is 0 Å². The topological polar surface area (TPSA) is 32.8 Å². The van der Waals surface area contributed by atoms with Crippen LogP contribution in [0.1, 0.15) is 75.0 Å². The maximum absolute atomic E-state index is 12.2. The van der Waals surface area contributed by atoms with E-state index in [0.717, 1.165) is 11.4 Å². The molecule has 1 aliphatic heterocycles. The fourth-order valence-corrected chi connectivity index (χ4v) is 4.53. The third-order valence-electron chi connectivity index (χ3n) is 5.75. The number of benzene rings is 1. The molecule has 2 radical (unpaired) electrons. The first kappa shape index (κ1) is 20.8. The zero-order chi connectivity index (χ0) is 20.1. The van der Waals surface area contributed by atoms with Crippen molar-refractivity contribution in [3.63, 3.8) is 0 Å². The second-order valence-electron chi connectivity index (χ2n) is 8.19. The van der Waals surface area contributed by atoms with Crippen molar-refractivity contribution in [2.45, 2.75) is 85.1 Å². The molecule has 1 aromatic carbocycles. The van der Waals surface area contributed by atoms with Crippen molar-refractivity contribution in [2.75, 3.05) is 11.5 Å². The van der Waals surface area contributed by atoms with Gasteiger partial charge in [-0.1, -0.05) is 49.8 Å². The van der Waals surface area contributed by atoms with Crippen LogP contribution in [0.4, 0.5) is 5.69 Å². The first-order valence-corrected chi connectivity index (χ1v) is 10.8. The van der Waals surface area contributed by atoms with Gasteiger partial charge in [-0.25, -0.2) is 0 Å². The van der Waals surface area contributed by atoms with E-state index in [0.29, 0.717) is 12.6 Å². The number of rotatable bonds is 5. The fraction of sp³-hybridized carbons (Fsp3) is 0.583. The SMILES string of the molecule is CCOC(=O)CC1=CN(C2CCCCCCC2)[C]N1c1c(C)cc(C)cc1C. The molecule has 0 spiro atoms. The van der Waals surface area contributed by atoms with Crippen LogP contribution in [0.2, 0.25) is 0 Å². The molecule has 0 aromatic heterocycles. The van der Waals surface area contributed by atoms with E-state index in [4.69, 9.17) is 4.74 Å². The van der Waals surface area contributed by atoms with Crippen LogP contribution in [0.15, 0.2) is 24.0 Å². The third-order valence-corrected chi connectivity index (χ3v) is 5.75. The average Bonchev–Trinajstić information content (AvgIpc) is 2.97. The van der Waals surface area contributed by atoms with Gasteiger partial charge in [-0.05, 0) is 51.7 Å². The van der Waals surface area contributed by atoms with Crippen molar-refractivity contribution in [3.8, 4) is 0 Å². The van der Waals surface area contributed by atoms with Crippen LogP contribution in [0.25, 0.3) is 0 Å². The largest absolute Gasteiger partial charge is 0.466 e. The second-order valence-corrected chi connectivity index (χ2v) is 8.19. The Kier molecular flexibility index (Phi) is 7.03. The summed E-state index contributed by atoms with van der Waals surface area (Å²) in [5.41, 5.74) is 5.76. The van der Waals surface area contributed by atoms with Gasteiger partial charge in [0.25, 0.3) is 0 Å². The summed E-state index contributed by atoms with van der Waals surface area (Å²) in [6.45, 7) is 12.2. The van der Waals surface area contributed by atoms with Gasteiger partial charge in [0.1, 0.15) is 0 Å². The molecule has 4 nitrogen and oxygen atoms in total. The number of hydrogen-bond acceptors (Lipinski definition) is 4. The van der Waals surface area contributed by atoms with Crippen LogP contribution in [0, 0.1) is 27.4 Å². The molecule has 0 N–H and O–H groups in total. The predicted molar refractivity (Wildman–Crippen MR) is 114 cm³/mol. The number of nitrogens with zero attached hydrogens (tertiary/aromatic N) is 2. The lowest BCUT2D eigenvalue weighted by Gasteiger charge is -2.30. The van der Waals surface area contributed by atoms with Gasteiger partial charge in [-0.3, -0.25) is 4.79 Å². The number of esters is 1. The van der Waals surface area contributed by atoms with E-state index < -0.39 is 0 Å². The Morgan fingerprint density at radius 3 is 2.29 bits per heavy atom. The minimum absolute atomic E-state index is 0.178. The fourth-order valence-electron chi connectivity index (χ4n) is 4.53. The normalized spacial score (nSPS) is 18.6. The molecule has 28 heavy (non-hydrogen) atoms. The van der Waals surface area contributed by atoms with Gasteiger partial charge >= 0.3 is 5.97 Å². The van der Waals surface area contributed by atoms with Crippen LogP contribution in [-0.2, 0) is 9.53 Å². The summed E-state index contributed by atoms with van der Waals surface area (Å²) in [6, 6.07) is 4.86. The van der Waals surface area contributed by atoms with E-state index >= 15 is 0 Å². The van der Waals surface area contributed by atoms with E-state index in [2.05, 4.69) is 55.6 Å². The molecule has 4 heteroatoms. The Bertz CT molecular complexity index is 694. The lowest BCUT2D eigenvalue weighted by molar-refractivity contribution is -0.142. The van der Waals surface area contributed by atoms with Gasteiger partial charge in [0, 0.05) is 23.6 Å². The average molecular weight is 383 g/mol. The molecule has 0 saturated heterocycles. The molecule has 0 bridgehead atoms. The van der Waals surface area contributed by atoms with Crippen molar-refractivity contribution in [3.05, 3.63) is 47.4 Å². The van der Waals surface area contributed by atoms with Crippen molar-refractivity contribution < 1.29 is 9.53 Å².